The Morgan fingerprint density at radius 3 is 2.29 bits per heavy atom. The fraction of sp³-hybridized carbons (Fsp3) is 0.944. The lowest BCUT2D eigenvalue weighted by molar-refractivity contribution is -0.141. The summed E-state index contributed by atoms with van der Waals surface area (Å²) in [6.07, 6.45) is 10.7. The van der Waals surface area contributed by atoms with Crippen molar-refractivity contribution in [2.75, 3.05) is 6.67 Å². The summed E-state index contributed by atoms with van der Waals surface area (Å²) in [4.78, 5) is 14.9. The van der Waals surface area contributed by atoms with Gasteiger partial charge < -0.3 is 4.90 Å². The molecule has 4 aliphatic carbocycles. The fourth-order valence-electron chi connectivity index (χ4n) is 6.44. The largest absolute Gasteiger partial charge is 0.325 e. The Bertz CT molecular complexity index is 398. The van der Waals surface area contributed by atoms with Crippen molar-refractivity contribution in [2.24, 2.45) is 23.2 Å². The van der Waals surface area contributed by atoms with Gasteiger partial charge in [0.15, 0.2) is 0 Å². The predicted molar refractivity (Wildman–Crippen MR) is 83.6 cm³/mol. The molecule has 2 atom stereocenters. The van der Waals surface area contributed by atoms with E-state index in [9.17, 15) is 4.79 Å². The molecule has 4 saturated carbocycles. The molecule has 118 valence electrons. The highest BCUT2D eigenvalue weighted by molar-refractivity contribution is 5.84. The van der Waals surface area contributed by atoms with Crippen LogP contribution in [0.15, 0.2) is 0 Å². The van der Waals surface area contributed by atoms with Gasteiger partial charge in [0.05, 0.1) is 12.7 Å². The number of carbonyl (C=O) groups is 1. The molecular formula is C18H30N2O. The third kappa shape index (κ3) is 2.15. The highest BCUT2D eigenvalue weighted by atomic mass is 16.2. The van der Waals surface area contributed by atoms with Crippen molar-refractivity contribution >= 4 is 5.91 Å². The molecule has 1 heterocycles. The van der Waals surface area contributed by atoms with Gasteiger partial charge in [-0.2, -0.15) is 0 Å². The maximum atomic E-state index is 12.7. The van der Waals surface area contributed by atoms with Gasteiger partial charge in [0, 0.05) is 6.04 Å². The third-order valence-electron chi connectivity index (χ3n) is 7.11. The molecule has 21 heavy (non-hydrogen) atoms. The van der Waals surface area contributed by atoms with Gasteiger partial charge in [-0.1, -0.05) is 13.3 Å². The van der Waals surface area contributed by atoms with Crippen molar-refractivity contribution in [3.05, 3.63) is 0 Å². The topological polar surface area (TPSA) is 32.3 Å². The highest BCUT2D eigenvalue weighted by Crippen LogP contribution is 2.62. The Balaban J connectivity index is 1.52. The Hall–Kier alpha value is -0.570. The van der Waals surface area contributed by atoms with Crippen LogP contribution in [0.4, 0.5) is 0 Å². The summed E-state index contributed by atoms with van der Waals surface area (Å²) in [7, 11) is 0. The molecule has 0 aromatic rings. The zero-order chi connectivity index (χ0) is 14.6. The van der Waals surface area contributed by atoms with Crippen molar-refractivity contribution in [1.29, 1.82) is 0 Å². The molecule has 1 saturated heterocycles. The molecule has 5 aliphatic rings. The van der Waals surface area contributed by atoms with Crippen LogP contribution in [0.1, 0.15) is 65.2 Å². The molecule has 1 amide bonds. The van der Waals surface area contributed by atoms with E-state index in [2.05, 4.69) is 24.1 Å². The first-order valence-corrected chi connectivity index (χ1v) is 9.15. The normalized spacial score (nSPS) is 46.4. The summed E-state index contributed by atoms with van der Waals surface area (Å²) < 4.78 is 0. The van der Waals surface area contributed by atoms with E-state index < -0.39 is 0 Å². The minimum absolute atomic E-state index is 0.0892. The first-order chi connectivity index (χ1) is 10.1. The zero-order valence-corrected chi connectivity index (χ0v) is 13.6. The van der Waals surface area contributed by atoms with Gasteiger partial charge >= 0.3 is 0 Å². The average Bonchev–Trinajstić information content (AvgIpc) is 2.78. The molecular weight excluding hydrogens is 260 g/mol. The number of carbonyl (C=O) groups excluding carboxylic acids is 1. The van der Waals surface area contributed by atoms with E-state index in [4.69, 9.17) is 0 Å². The van der Waals surface area contributed by atoms with Crippen LogP contribution in [0.2, 0.25) is 0 Å². The SMILES string of the molecule is CCCC1NCN(C(C)C23CC4CC(CC(C4)C2)C3)C1=O. The van der Waals surface area contributed by atoms with Gasteiger partial charge in [-0.25, -0.2) is 0 Å². The summed E-state index contributed by atoms with van der Waals surface area (Å²) in [5.74, 6) is 3.28. The summed E-state index contributed by atoms with van der Waals surface area (Å²) in [5.41, 5.74) is 0.452. The van der Waals surface area contributed by atoms with Gasteiger partial charge in [0.25, 0.3) is 0 Å². The van der Waals surface area contributed by atoms with Crippen LogP contribution >= 0.6 is 0 Å². The smallest absolute Gasteiger partial charge is 0.241 e. The Morgan fingerprint density at radius 2 is 1.76 bits per heavy atom. The number of hydrogen-bond acceptors (Lipinski definition) is 2. The molecule has 1 aliphatic heterocycles. The summed E-state index contributed by atoms with van der Waals surface area (Å²) in [6, 6.07) is 0.527. The van der Waals surface area contributed by atoms with E-state index in [1.807, 2.05) is 0 Å². The Kier molecular flexibility index (Phi) is 3.33. The van der Waals surface area contributed by atoms with Gasteiger partial charge in [0.2, 0.25) is 5.91 Å². The number of nitrogens with one attached hydrogen (secondary N) is 1. The molecule has 3 nitrogen and oxygen atoms in total. The van der Waals surface area contributed by atoms with E-state index >= 15 is 0 Å². The van der Waals surface area contributed by atoms with E-state index in [-0.39, 0.29) is 6.04 Å². The van der Waals surface area contributed by atoms with Crippen LogP contribution in [-0.2, 0) is 4.79 Å². The lowest BCUT2D eigenvalue weighted by Gasteiger charge is -2.60. The average molecular weight is 290 g/mol. The molecule has 0 spiro atoms. The number of rotatable bonds is 4. The molecule has 1 N–H and O–H groups in total. The van der Waals surface area contributed by atoms with Crippen molar-refractivity contribution in [1.82, 2.24) is 10.2 Å². The lowest BCUT2D eigenvalue weighted by Crippen LogP contribution is -2.56. The van der Waals surface area contributed by atoms with Gasteiger partial charge in [-0.15, -0.1) is 0 Å². The summed E-state index contributed by atoms with van der Waals surface area (Å²) in [5, 5.41) is 3.45. The molecule has 5 fully saturated rings. The highest BCUT2D eigenvalue weighted by Gasteiger charge is 2.55. The lowest BCUT2D eigenvalue weighted by atomic mass is 9.47. The van der Waals surface area contributed by atoms with Gasteiger partial charge in [-0.3, -0.25) is 10.1 Å². The first-order valence-electron chi connectivity index (χ1n) is 9.15. The third-order valence-corrected chi connectivity index (χ3v) is 7.11. The van der Waals surface area contributed by atoms with E-state index in [1.54, 1.807) is 0 Å². The second-order valence-corrected chi connectivity index (χ2v) is 8.47. The molecule has 0 radical (unpaired) electrons. The molecule has 0 aromatic heterocycles. The fourth-order valence-corrected chi connectivity index (χ4v) is 6.44. The van der Waals surface area contributed by atoms with Crippen LogP contribution < -0.4 is 5.32 Å². The van der Waals surface area contributed by atoms with E-state index in [1.165, 1.54) is 38.5 Å². The van der Waals surface area contributed by atoms with E-state index in [0.29, 0.717) is 17.4 Å². The van der Waals surface area contributed by atoms with E-state index in [0.717, 1.165) is 37.3 Å². The molecule has 4 bridgehead atoms. The number of hydrogen-bond donors (Lipinski definition) is 1. The Morgan fingerprint density at radius 1 is 1.19 bits per heavy atom. The second kappa shape index (κ2) is 4.97. The molecule has 5 rings (SSSR count). The van der Waals surface area contributed by atoms with Crippen LogP contribution in [0.3, 0.4) is 0 Å². The monoisotopic (exact) mass is 290 g/mol. The second-order valence-electron chi connectivity index (χ2n) is 8.47. The van der Waals surface area contributed by atoms with Gasteiger partial charge in [-0.05, 0) is 75.0 Å². The summed E-state index contributed by atoms with van der Waals surface area (Å²) in [6.45, 7) is 5.30. The number of nitrogens with zero attached hydrogens (tertiary/aromatic N) is 1. The molecule has 2 unspecified atom stereocenters. The van der Waals surface area contributed by atoms with Crippen LogP contribution in [0.25, 0.3) is 0 Å². The van der Waals surface area contributed by atoms with Gasteiger partial charge in [0.1, 0.15) is 0 Å². The molecule has 3 heteroatoms. The standard InChI is InChI=1S/C18H30N2O/c1-3-4-16-17(21)20(11-19-16)12(2)18-8-13-5-14(9-18)7-15(6-13)10-18/h12-16,19H,3-11H2,1-2H3. The molecule has 0 aromatic carbocycles. The van der Waals surface area contributed by atoms with Crippen molar-refractivity contribution in [3.63, 3.8) is 0 Å². The quantitative estimate of drug-likeness (QED) is 0.862. The van der Waals surface area contributed by atoms with Crippen molar-refractivity contribution in [2.45, 2.75) is 77.3 Å². The summed E-state index contributed by atoms with van der Waals surface area (Å²) >= 11 is 0. The predicted octanol–water partition coefficient (Wildman–Crippen LogP) is 3.15. The minimum atomic E-state index is 0.0892. The maximum absolute atomic E-state index is 12.7. The van der Waals surface area contributed by atoms with Crippen molar-refractivity contribution in [3.8, 4) is 0 Å². The van der Waals surface area contributed by atoms with Crippen molar-refractivity contribution < 1.29 is 4.79 Å². The number of amides is 1. The van der Waals surface area contributed by atoms with Crippen LogP contribution in [-0.4, -0.2) is 29.6 Å². The van der Waals surface area contributed by atoms with Crippen LogP contribution in [0.5, 0.6) is 0 Å². The zero-order valence-electron chi connectivity index (χ0n) is 13.6. The van der Waals surface area contributed by atoms with Crippen LogP contribution in [0, 0.1) is 23.2 Å². The first kappa shape index (κ1) is 14.0. The Labute approximate surface area is 128 Å². The minimum Gasteiger partial charge on any atom is -0.325 e. The maximum Gasteiger partial charge on any atom is 0.241 e.